The summed E-state index contributed by atoms with van der Waals surface area (Å²) in [5, 5.41) is 3.07. The minimum absolute atomic E-state index is 0.0654. The Morgan fingerprint density at radius 1 is 1.53 bits per heavy atom. The van der Waals surface area contributed by atoms with Crippen LogP contribution >= 0.6 is 35.4 Å². The van der Waals surface area contributed by atoms with Gasteiger partial charge < -0.3 is 10.1 Å². The fourth-order valence-corrected chi connectivity index (χ4v) is 4.57. The molecule has 0 unspecified atom stereocenters. The molecule has 0 radical (unpaired) electrons. The second-order valence-corrected chi connectivity index (χ2v) is 7.54. The van der Waals surface area contributed by atoms with Crippen molar-refractivity contribution in [1.82, 2.24) is 5.32 Å². The largest absolute Gasteiger partial charge is 0.465 e. The van der Waals surface area contributed by atoms with Crippen molar-refractivity contribution in [3.8, 4) is 0 Å². The van der Waals surface area contributed by atoms with E-state index in [1.807, 2.05) is 6.92 Å². The number of thiocarbonyl (C=S) groups is 1. The Bertz CT molecular complexity index is 384. The first-order valence-electron chi connectivity index (χ1n) is 5.11. The lowest BCUT2D eigenvalue weighted by Gasteiger charge is -2.26. The van der Waals surface area contributed by atoms with Crippen molar-refractivity contribution in [2.24, 2.45) is 0 Å². The molecular formula is C9H15Cl2NO3S2. The zero-order valence-electron chi connectivity index (χ0n) is 9.41. The van der Waals surface area contributed by atoms with Gasteiger partial charge in [-0.05, 0) is 25.6 Å². The average molecular weight is 320 g/mol. The van der Waals surface area contributed by atoms with Crippen molar-refractivity contribution in [3.63, 3.8) is 0 Å². The molecule has 1 N–H and O–H groups in total. The molecular weight excluding hydrogens is 305 g/mol. The van der Waals surface area contributed by atoms with Crippen LogP contribution in [-0.2, 0) is 14.6 Å². The van der Waals surface area contributed by atoms with E-state index >= 15 is 0 Å². The van der Waals surface area contributed by atoms with E-state index in [-0.39, 0.29) is 34.5 Å². The molecule has 1 fully saturated rings. The van der Waals surface area contributed by atoms with Gasteiger partial charge in [-0.25, -0.2) is 8.42 Å². The summed E-state index contributed by atoms with van der Waals surface area (Å²) >= 11 is 16.2. The molecule has 1 heterocycles. The third kappa shape index (κ3) is 4.77. The molecule has 1 rings (SSSR count). The van der Waals surface area contributed by atoms with Crippen molar-refractivity contribution < 1.29 is 13.2 Å². The summed E-state index contributed by atoms with van der Waals surface area (Å²) < 4.78 is 28.1. The first-order chi connectivity index (χ1) is 7.80. The maximum absolute atomic E-state index is 11.4. The Labute approximate surface area is 117 Å². The molecule has 0 aromatic heterocycles. The molecule has 1 atom stereocenters. The normalized spacial score (nSPS) is 27.1. The molecule has 0 spiro atoms. The van der Waals surface area contributed by atoms with E-state index in [2.05, 4.69) is 5.32 Å². The average Bonchev–Trinajstić information content (AvgIpc) is 2.49. The number of hydrogen-bond donors (Lipinski definition) is 1. The van der Waals surface area contributed by atoms with Crippen molar-refractivity contribution in [2.45, 2.75) is 25.0 Å². The van der Waals surface area contributed by atoms with Gasteiger partial charge >= 0.3 is 0 Å². The van der Waals surface area contributed by atoms with Crippen molar-refractivity contribution in [2.75, 3.05) is 23.3 Å². The second kappa shape index (κ2) is 5.91. The Morgan fingerprint density at radius 3 is 2.53 bits per heavy atom. The zero-order chi connectivity index (χ0) is 13.1. The summed E-state index contributed by atoms with van der Waals surface area (Å²) in [6.45, 7) is 1.81. The van der Waals surface area contributed by atoms with Gasteiger partial charge in [0.05, 0.1) is 28.8 Å². The topological polar surface area (TPSA) is 55.4 Å². The van der Waals surface area contributed by atoms with Crippen molar-refractivity contribution in [1.29, 1.82) is 0 Å². The summed E-state index contributed by atoms with van der Waals surface area (Å²) in [5.41, 5.74) is -0.556. The van der Waals surface area contributed by atoms with E-state index in [4.69, 9.17) is 40.2 Å². The van der Waals surface area contributed by atoms with Crippen LogP contribution in [0, 0.1) is 0 Å². The number of ether oxygens (including phenoxy) is 1. The lowest BCUT2D eigenvalue weighted by Crippen LogP contribution is -2.48. The quantitative estimate of drug-likeness (QED) is 0.625. The van der Waals surface area contributed by atoms with Gasteiger partial charge in [0.15, 0.2) is 9.84 Å². The first-order valence-corrected chi connectivity index (χ1v) is 8.41. The highest BCUT2D eigenvalue weighted by Gasteiger charge is 2.39. The zero-order valence-corrected chi connectivity index (χ0v) is 12.6. The lowest BCUT2D eigenvalue weighted by molar-refractivity contribution is 0.221. The van der Waals surface area contributed by atoms with E-state index in [1.54, 1.807) is 0 Å². The molecule has 4 nitrogen and oxygen atoms in total. The van der Waals surface area contributed by atoms with Crippen LogP contribution in [0.3, 0.4) is 0 Å². The smallest absolute Gasteiger partial charge is 0.257 e. The van der Waals surface area contributed by atoms with E-state index < -0.39 is 15.4 Å². The molecule has 0 bridgehead atoms. The van der Waals surface area contributed by atoms with Crippen LogP contribution in [0.15, 0.2) is 0 Å². The van der Waals surface area contributed by atoms with Crippen LogP contribution in [0.2, 0.25) is 0 Å². The van der Waals surface area contributed by atoms with Crippen LogP contribution in [0.25, 0.3) is 0 Å². The highest BCUT2D eigenvalue weighted by molar-refractivity contribution is 7.91. The van der Waals surface area contributed by atoms with Crippen molar-refractivity contribution >= 4 is 50.4 Å². The monoisotopic (exact) mass is 319 g/mol. The Kier molecular flexibility index (Phi) is 5.31. The van der Waals surface area contributed by atoms with Crippen LogP contribution in [-0.4, -0.2) is 48.5 Å². The molecule has 1 aliphatic heterocycles. The molecule has 1 aliphatic rings. The van der Waals surface area contributed by atoms with Gasteiger partial charge in [0, 0.05) is 0 Å². The van der Waals surface area contributed by atoms with E-state index in [0.29, 0.717) is 6.42 Å². The van der Waals surface area contributed by atoms with Crippen LogP contribution < -0.4 is 5.32 Å². The van der Waals surface area contributed by atoms with Gasteiger partial charge in [0.2, 0.25) is 0 Å². The fourth-order valence-electron chi connectivity index (χ4n) is 1.64. The van der Waals surface area contributed by atoms with Gasteiger partial charge in [0.25, 0.3) is 5.17 Å². The minimum Gasteiger partial charge on any atom is -0.465 e. The predicted octanol–water partition coefficient (Wildman–Crippen LogP) is 1.30. The molecule has 100 valence electrons. The summed E-state index contributed by atoms with van der Waals surface area (Å²) in [6, 6.07) is 0. The Morgan fingerprint density at radius 2 is 2.12 bits per heavy atom. The van der Waals surface area contributed by atoms with Gasteiger partial charge in [-0.15, -0.1) is 23.2 Å². The third-order valence-electron chi connectivity index (χ3n) is 2.53. The maximum Gasteiger partial charge on any atom is 0.257 e. The molecule has 0 aromatic rings. The van der Waals surface area contributed by atoms with Gasteiger partial charge in [-0.1, -0.05) is 0 Å². The standard InChI is InChI=1S/C9H15Cl2NO3S2/c1-9(2-3-17(13,14)6-9)12-8(16)15-7(4-10)5-11/h7H,2-6H2,1H3,(H,12,16)/t9-/m1/s1. The number of sulfone groups is 1. The summed E-state index contributed by atoms with van der Waals surface area (Å²) in [4.78, 5) is 0. The van der Waals surface area contributed by atoms with E-state index in [1.165, 1.54) is 0 Å². The van der Waals surface area contributed by atoms with Crippen LogP contribution in [0.1, 0.15) is 13.3 Å². The molecule has 8 heteroatoms. The molecule has 1 saturated heterocycles. The summed E-state index contributed by atoms with van der Waals surface area (Å²) in [6.07, 6.45) is 0.158. The number of halogens is 2. The van der Waals surface area contributed by atoms with Gasteiger partial charge in [0.1, 0.15) is 6.10 Å². The maximum atomic E-state index is 11.4. The number of rotatable bonds is 4. The number of hydrogen-bond acceptors (Lipinski definition) is 4. The van der Waals surface area contributed by atoms with Crippen LogP contribution in [0.4, 0.5) is 0 Å². The van der Waals surface area contributed by atoms with E-state index in [0.717, 1.165) is 0 Å². The molecule has 0 aliphatic carbocycles. The van der Waals surface area contributed by atoms with E-state index in [9.17, 15) is 8.42 Å². The molecule has 0 amide bonds. The third-order valence-corrected chi connectivity index (χ3v) is 5.31. The summed E-state index contributed by atoms with van der Waals surface area (Å²) in [5.74, 6) is 0.712. The number of nitrogens with one attached hydrogen (secondary N) is 1. The molecule has 0 aromatic carbocycles. The minimum atomic E-state index is -2.97. The van der Waals surface area contributed by atoms with Gasteiger partial charge in [-0.2, -0.15) is 0 Å². The summed E-state index contributed by atoms with van der Waals surface area (Å²) in [7, 11) is -2.97. The van der Waals surface area contributed by atoms with Crippen molar-refractivity contribution in [3.05, 3.63) is 0 Å². The SMILES string of the molecule is C[C@@]1(NC(=S)OC(CCl)CCl)CCS(=O)(=O)C1. The predicted molar refractivity (Wildman–Crippen MR) is 73.7 cm³/mol. The van der Waals surface area contributed by atoms with Gasteiger partial charge in [-0.3, -0.25) is 0 Å². The first kappa shape index (κ1) is 15.3. The molecule has 0 saturated carbocycles. The Hall–Kier alpha value is 0.220. The Balaban J connectivity index is 2.52. The highest BCUT2D eigenvalue weighted by atomic mass is 35.5. The fraction of sp³-hybridized carbons (Fsp3) is 0.889. The molecule has 17 heavy (non-hydrogen) atoms. The lowest BCUT2D eigenvalue weighted by atomic mass is 10.0. The van der Waals surface area contributed by atoms with Crippen LogP contribution in [0.5, 0.6) is 0 Å². The second-order valence-electron chi connectivity index (χ2n) is 4.36. The number of alkyl halides is 2. The highest BCUT2D eigenvalue weighted by Crippen LogP contribution is 2.23.